The molecule has 0 fully saturated rings. The van der Waals surface area contributed by atoms with Gasteiger partial charge in [0.25, 0.3) is 0 Å². The molecule has 0 saturated carbocycles. The van der Waals surface area contributed by atoms with Crippen molar-refractivity contribution in [3.05, 3.63) is 20.8 Å². The topological polar surface area (TPSA) is 58.9 Å². The number of thiophene rings is 1. The van der Waals surface area contributed by atoms with Gasteiger partial charge in [-0.3, -0.25) is 0 Å². The molecule has 1 aromatic rings. The van der Waals surface area contributed by atoms with Crippen molar-refractivity contribution in [1.82, 2.24) is 0 Å². The summed E-state index contributed by atoms with van der Waals surface area (Å²) in [5.74, 6) is -0.993. The highest BCUT2D eigenvalue weighted by Crippen LogP contribution is 2.31. The molecule has 2 rings (SSSR count). The van der Waals surface area contributed by atoms with Crippen LogP contribution in [0.4, 0.5) is 0 Å². The van der Waals surface area contributed by atoms with E-state index in [9.17, 15) is 4.79 Å². The van der Waals surface area contributed by atoms with Gasteiger partial charge in [0.05, 0.1) is 5.71 Å². The van der Waals surface area contributed by atoms with Crippen LogP contribution in [0.25, 0.3) is 0 Å². The van der Waals surface area contributed by atoms with E-state index in [1.165, 1.54) is 18.3 Å². The molecular weight excluding hydrogens is 282 g/mol. The van der Waals surface area contributed by atoms with Crippen LogP contribution in [-0.4, -0.2) is 22.4 Å². The van der Waals surface area contributed by atoms with Crippen molar-refractivity contribution in [3.8, 4) is 0 Å². The number of hydrogen-bond donors (Lipinski definition) is 1. The number of hydrogen-bond acceptors (Lipinski definition) is 4. The minimum Gasteiger partial charge on any atom is -0.478 e. The first kappa shape index (κ1) is 10.6. The van der Waals surface area contributed by atoms with E-state index in [0.29, 0.717) is 5.71 Å². The van der Waals surface area contributed by atoms with E-state index in [1.807, 2.05) is 10.8 Å². The van der Waals surface area contributed by atoms with Crippen molar-refractivity contribution < 1.29 is 14.7 Å². The van der Waals surface area contributed by atoms with Gasteiger partial charge in [-0.05, 0) is 22.9 Å². The maximum atomic E-state index is 10.9. The van der Waals surface area contributed by atoms with Crippen LogP contribution in [0.15, 0.2) is 20.4 Å². The molecule has 0 saturated heterocycles. The van der Waals surface area contributed by atoms with E-state index in [2.05, 4.69) is 21.1 Å². The van der Waals surface area contributed by atoms with Gasteiger partial charge in [-0.15, -0.1) is 0 Å². The molecule has 4 nitrogen and oxygen atoms in total. The highest BCUT2D eigenvalue weighted by Gasteiger charge is 2.42. The fourth-order valence-electron chi connectivity index (χ4n) is 1.29. The molecular formula is C9H8BrNO3S. The Morgan fingerprint density at radius 1 is 1.73 bits per heavy atom. The van der Waals surface area contributed by atoms with Crippen molar-refractivity contribution >= 4 is 38.9 Å². The van der Waals surface area contributed by atoms with Crippen LogP contribution in [0.3, 0.4) is 0 Å². The molecule has 15 heavy (non-hydrogen) atoms. The van der Waals surface area contributed by atoms with E-state index in [0.717, 1.165) is 10.0 Å². The number of oxime groups is 1. The number of carbonyl (C=O) groups is 1. The van der Waals surface area contributed by atoms with Crippen LogP contribution in [-0.2, 0) is 9.63 Å². The third-order valence-electron chi connectivity index (χ3n) is 2.24. The smallest absolute Gasteiger partial charge is 0.351 e. The summed E-state index contributed by atoms with van der Waals surface area (Å²) in [5.41, 5.74) is 0.356. The molecule has 0 radical (unpaired) electrons. The number of aliphatic carboxylic acids is 1. The standard InChI is InChI=1S/C9H8BrNO3S/c1-9(8(12)13)2-7(11-14-9)5-3-15-4-6(5)10/h3-4H,2H2,1H3,(H,12,13). The number of carboxylic acids is 1. The summed E-state index contributed by atoms with van der Waals surface area (Å²) in [5, 5.41) is 16.6. The first-order chi connectivity index (χ1) is 7.03. The van der Waals surface area contributed by atoms with Crippen molar-refractivity contribution in [2.75, 3.05) is 0 Å². The van der Waals surface area contributed by atoms with Crippen molar-refractivity contribution in [3.63, 3.8) is 0 Å². The van der Waals surface area contributed by atoms with E-state index in [1.54, 1.807) is 0 Å². The van der Waals surface area contributed by atoms with Crippen LogP contribution < -0.4 is 0 Å². The fourth-order valence-corrected chi connectivity index (χ4v) is 2.82. The van der Waals surface area contributed by atoms with Crippen LogP contribution in [0.2, 0.25) is 0 Å². The lowest BCUT2D eigenvalue weighted by Gasteiger charge is -2.14. The predicted molar refractivity (Wildman–Crippen MR) is 60.3 cm³/mol. The van der Waals surface area contributed by atoms with Gasteiger partial charge in [-0.1, -0.05) is 5.16 Å². The number of nitrogens with zero attached hydrogens (tertiary/aromatic N) is 1. The van der Waals surface area contributed by atoms with Crippen LogP contribution in [0.1, 0.15) is 18.9 Å². The zero-order valence-corrected chi connectivity index (χ0v) is 10.3. The van der Waals surface area contributed by atoms with Crippen LogP contribution in [0, 0.1) is 0 Å². The first-order valence-corrected chi connectivity index (χ1v) is 5.97. The Morgan fingerprint density at radius 3 is 2.93 bits per heavy atom. The number of rotatable bonds is 2. The molecule has 1 aliphatic rings. The van der Waals surface area contributed by atoms with Crippen LogP contribution in [0.5, 0.6) is 0 Å². The minimum absolute atomic E-state index is 0.289. The Labute approximate surface area is 98.7 Å². The molecule has 1 aliphatic heterocycles. The van der Waals surface area contributed by atoms with E-state index >= 15 is 0 Å². The normalized spacial score (nSPS) is 24.8. The SMILES string of the molecule is CC1(C(=O)O)CC(c2cscc2Br)=NO1. The summed E-state index contributed by atoms with van der Waals surface area (Å²) in [6.45, 7) is 1.52. The second kappa shape index (κ2) is 3.61. The average Bonchev–Trinajstić information content (AvgIpc) is 2.73. The molecule has 0 aromatic carbocycles. The molecule has 0 bridgehead atoms. The maximum Gasteiger partial charge on any atom is 0.351 e. The Balaban J connectivity index is 2.24. The fraction of sp³-hybridized carbons (Fsp3) is 0.333. The lowest BCUT2D eigenvalue weighted by Crippen LogP contribution is -2.35. The van der Waals surface area contributed by atoms with Gasteiger partial charge in [0.1, 0.15) is 0 Å². The predicted octanol–water partition coefficient (Wildman–Crippen LogP) is 2.48. The summed E-state index contributed by atoms with van der Waals surface area (Å²) in [6, 6.07) is 0. The second-order valence-electron chi connectivity index (χ2n) is 3.48. The van der Waals surface area contributed by atoms with Crippen molar-refractivity contribution in [1.29, 1.82) is 0 Å². The summed E-state index contributed by atoms with van der Waals surface area (Å²) in [4.78, 5) is 15.9. The summed E-state index contributed by atoms with van der Waals surface area (Å²) in [6.07, 6.45) is 0.289. The quantitative estimate of drug-likeness (QED) is 0.910. The van der Waals surface area contributed by atoms with Crippen molar-refractivity contribution in [2.24, 2.45) is 5.16 Å². The van der Waals surface area contributed by atoms with Gasteiger partial charge in [0.15, 0.2) is 0 Å². The van der Waals surface area contributed by atoms with Gasteiger partial charge < -0.3 is 9.94 Å². The summed E-state index contributed by atoms with van der Waals surface area (Å²) in [7, 11) is 0. The summed E-state index contributed by atoms with van der Waals surface area (Å²) < 4.78 is 0.921. The van der Waals surface area contributed by atoms with Gasteiger partial charge in [0, 0.05) is 27.2 Å². The number of carboxylic acid groups (broad SMARTS) is 1. The first-order valence-electron chi connectivity index (χ1n) is 4.23. The Morgan fingerprint density at radius 2 is 2.47 bits per heavy atom. The van der Waals surface area contributed by atoms with Gasteiger partial charge >= 0.3 is 5.97 Å². The molecule has 6 heteroatoms. The van der Waals surface area contributed by atoms with E-state index in [-0.39, 0.29) is 6.42 Å². The van der Waals surface area contributed by atoms with E-state index in [4.69, 9.17) is 9.94 Å². The third kappa shape index (κ3) is 1.79. The average molecular weight is 290 g/mol. The number of halogens is 1. The molecule has 0 amide bonds. The monoisotopic (exact) mass is 289 g/mol. The molecule has 1 atom stereocenters. The molecule has 80 valence electrons. The van der Waals surface area contributed by atoms with Gasteiger partial charge in [-0.2, -0.15) is 11.3 Å². The van der Waals surface area contributed by atoms with Gasteiger partial charge in [0.2, 0.25) is 5.60 Å². The molecule has 2 heterocycles. The molecule has 0 aliphatic carbocycles. The highest BCUT2D eigenvalue weighted by molar-refractivity contribution is 9.10. The van der Waals surface area contributed by atoms with Crippen LogP contribution >= 0.6 is 27.3 Å². The lowest BCUT2D eigenvalue weighted by atomic mass is 9.98. The minimum atomic E-state index is -1.23. The zero-order valence-electron chi connectivity index (χ0n) is 7.86. The molecule has 1 N–H and O–H groups in total. The van der Waals surface area contributed by atoms with E-state index < -0.39 is 11.6 Å². The highest BCUT2D eigenvalue weighted by atomic mass is 79.9. The third-order valence-corrected chi connectivity index (χ3v) is 3.94. The lowest BCUT2D eigenvalue weighted by molar-refractivity contribution is -0.160. The van der Waals surface area contributed by atoms with Crippen molar-refractivity contribution in [2.45, 2.75) is 18.9 Å². The van der Waals surface area contributed by atoms with Gasteiger partial charge in [-0.25, -0.2) is 4.79 Å². The molecule has 0 spiro atoms. The zero-order chi connectivity index (χ0) is 11.1. The second-order valence-corrected chi connectivity index (χ2v) is 5.07. The Hall–Kier alpha value is -0.880. The molecule has 1 aromatic heterocycles. The Kier molecular flexibility index (Phi) is 2.56. The molecule has 1 unspecified atom stereocenters. The maximum absolute atomic E-state index is 10.9. The summed E-state index contributed by atoms with van der Waals surface area (Å²) >= 11 is 4.91. The Bertz CT molecular complexity index is 442. The largest absolute Gasteiger partial charge is 0.478 e.